The van der Waals surface area contributed by atoms with Crippen molar-refractivity contribution in [2.24, 2.45) is 0 Å². The van der Waals surface area contributed by atoms with Crippen molar-refractivity contribution in [1.29, 1.82) is 0 Å². The van der Waals surface area contributed by atoms with Gasteiger partial charge in [0.05, 0.1) is 0 Å². The number of benzene rings is 2. The molecule has 0 unspecified atom stereocenters. The van der Waals surface area contributed by atoms with Crippen LogP contribution in [0.15, 0.2) is 45.2 Å². The molecule has 2 heterocycles. The number of rotatable bonds is 2. The Bertz CT molecular complexity index is 1420. The van der Waals surface area contributed by atoms with Crippen molar-refractivity contribution in [2.75, 3.05) is 0 Å². The second-order valence-electron chi connectivity index (χ2n) is 7.16. The minimum Gasteiger partial charge on any atom is -0.457 e. The summed E-state index contributed by atoms with van der Waals surface area (Å²) in [5.74, 6) is 0. The molecule has 0 spiro atoms. The van der Waals surface area contributed by atoms with E-state index in [4.69, 9.17) is 8.83 Å². The smallest absolute Gasteiger partial charge is 0.411 e. The highest BCUT2D eigenvalue weighted by atomic mass is 19.4. The molecule has 0 N–H and O–H groups in total. The zero-order valence-electron chi connectivity index (χ0n) is 15.9. The Morgan fingerprint density at radius 3 is 1.16 bits per heavy atom. The number of hydrogen-bond acceptors (Lipinski definition) is 2. The fourth-order valence-electron chi connectivity index (χ4n) is 4.00. The molecule has 31 heavy (non-hydrogen) atoms. The summed E-state index contributed by atoms with van der Waals surface area (Å²) in [4.78, 5) is 0. The Labute approximate surface area is 170 Å². The molecule has 0 saturated heterocycles. The Kier molecular flexibility index (Phi) is 4.23. The molecule has 2 aromatic heterocycles. The lowest BCUT2D eigenvalue weighted by Gasteiger charge is -2.38. The van der Waals surface area contributed by atoms with Crippen molar-refractivity contribution in [3.8, 4) is 0 Å². The third-order valence-corrected chi connectivity index (χ3v) is 5.45. The summed E-state index contributed by atoms with van der Waals surface area (Å²) in [5, 5.41) is 0.586. The molecule has 0 bridgehead atoms. The minimum absolute atomic E-state index is 0.0163. The van der Waals surface area contributed by atoms with Crippen LogP contribution in [-0.4, -0.2) is 12.4 Å². The second kappa shape index (κ2) is 6.29. The molecular formula is C23H14F6O2. The summed E-state index contributed by atoms with van der Waals surface area (Å²) in [6.07, 6.45) is -11.5. The zero-order chi connectivity index (χ0) is 22.9. The van der Waals surface area contributed by atoms with Crippen LogP contribution in [0.1, 0.15) is 11.1 Å². The molecule has 2 aromatic carbocycles. The maximum atomic E-state index is 14.4. The Morgan fingerprint density at radius 2 is 0.839 bits per heavy atom. The van der Waals surface area contributed by atoms with Crippen molar-refractivity contribution in [2.45, 2.75) is 17.8 Å². The summed E-state index contributed by atoms with van der Waals surface area (Å²) in [7, 11) is 0. The summed E-state index contributed by atoms with van der Waals surface area (Å²) in [6.45, 7) is 14.3. The van der Waals surface area contributed by atoms with Gasteiger partial charge in [0.25, 0.3) is 0 Å². The molecule has 4 rings (SSSR count). The van der Waals surface area contributed by atoms with Gasteiger partial charge in [0, 0.05) is 21.5 Å². The highest BCUT2D eigenvalue weighted by molar-refractivity contribution is 5.85. The number of hydrogen-bond donors (Lipinski definition) is 0. The Balaban J connectivity index is 2.18. The van der Waals surface area contributed by atoms with E-state index < -0.39 is 28.9 Å². The van der Waals surface area contributed by atoms with Crippen molar-refractivity contribution in [3.63, 3.8) is 0 Å². The summed E-state index contributed by atoms with van der Waals surface area (Å²) >= 11 is 0. The van der Waals surface area contributed by atoms with Gasteiger partial charge < -0.3 is 8.83 Å². The van der Waals surface area contributed by atoms with Gasteiger partial charge in [0.15, 0.2) is 0 Å². The van der Waals surface area contributed by atoms with Crippen molar-refractivity contribution in [1.82, 2.24) is 0 Å². The quantitative estimate of drug-likeness (QED) is 0.440. The lowest BCUT2D eigenvalue weighted by Crippen LogP contribution is -2.54. The molecule has 0 aliphatic heterocycles. The summed E-state index contributed by atoms with van der Waals surface area (Å²) in [5.41, 5.74) is -6.32. The predicted octanol–water partition coefficient (Wildman–Crippen LogP) is 4.23. The first kappa shape index (κ1) is 20.8. The first-order valence-corrected chi connectivity index (χ1v) is 8.84. The van der Waals surface area contributed by atoms with Gasteiger partial charge >= 0.3 is 12.4 Å². The lowest BCUT2D eigenvalue weighted by molar-refractivity contribution is -0.288. The molecule has 0 aliphatic carbocycles. The maximum absolute atomic E-state index is 14.4. The Morgan fingerprint density at radius 1 is 0.516 bits per heavy atom. The van der Waals surface area contributed by atoms with E-state index >= 15 is 0 Å². The van der Waals surface area contributed by atoms with Crippen LogP contribution in [0.2, 0.25) is 0 Å². The van der Waals surface area contributed by atoms with E-state index in [-0.39, 0.29) is 43.2 Å². The van der Waals surface area contributed by atoms with Gasteiger partial charge in [-0.3, -0.25) is 0 Å². The fraction of sp³-hybridized carbons (Fsp3) is 0.130. The van der Waals surface area contributed by atoms with E-state index in [0.717, 1.165) is 36.4 Å². The SMILES string of the molecule is C=c1oc(=C)c2cc(C(c3ccc4c(=C)oc(=C)c4c3)(C(F)(F)F)C(F)(F)F)ccc12. The molecule has 0 aliphatic rings. The van der Waals surface area contributed by atoms with Crippen LogP contribution in [-0.2, 0) is 5.41 Å². The molecule has 0 fully saturated rings. The molecule has 4 aromatic rings. The highest BCUT2D eigenvalue weighted by Crippen LogP contribution is 2.56. The number of alkyl halides is 6. The monoisotopic (exact) mass is 436 g/mol. The second-order valence-corrected chi connectivity index (χ2v) is 7.16. The molecular weight excluding hydrogens is 422 g/mol. The molecule has 0 saturated carbocycles. The average molecular weight is 436 g/mol. The van der Waals surface area contributed by atoms with Crippen molar-refractivity contribution in [3.05, 3.63) is 69.2 Å². The van der Waals surface area contributed by atoms with E-state index in [1.807, 2.05) is 0 Å². The summed E-state index contributed by atoms with van der Waals surface area (Å²) in [6, 6.07) is 5.40. The lowest BCUT2D eigenvalue weighted by atomic mass is 9.72. The normalized spacial score (nSPS) is 13.4. The maximum Gasteiger partial charge on any atom is 0.411 e. The van der Waals surface area contributed by atoms with E-state index in [9.17, 15) is 26.3 Å². The van der Waals surface area contributed by atoms with Gasteiger partial charge in [-0.25, -0.2) is 0 Å². The van der Waals surface area contributed by atoms with E-state index in [2.05, 4.69) is 26.3 Å². The largest absolute Gasteiger partial charge is 0.457 e. The van der Waals surface area contributed by atoms with Crippen LogP contribution in [0.5, 0.6) is 0 Å². The fourth-order valence-corrected chi connectivity index (χ4v) is 4.00. The van der Waals surface area contributed by atoms with Crippen LogP contribution < -0.4 is 21.7 Å². The molecule has 0 atom stereocenters. The number of fused-ring (bicyclic) bond motifs is 2. The molecule has 8 heteroatoms. The number of halogens is 6. The van der Waals surface area contributed by atoms with Gasteiger partial charge in [0.2, 0.25) is 5.41 Å². The molecule has 0 radical (unpaired) electrons. The van der Waals surface area contributed by atoms with Crippen LogP contribution >= 0.6 is 0 Å². The zero-order valence-corrected chi connectivity index (χ0v) is 15.9. The third kappa shape index (κ3) is 2.74. The Hall–Kier alpha value is -3.42. The van der Waals surface area contributed by atoms with Crippen LogP contribution in [0.4, 0.5) is 26.3 Å². The highest BCUT2D eigenvalue weighted by Gasteiger charge is 2.72. The van der Waals surface area contributed by atoms with E-state index in [0.29, 0.717) is 0 Å². The van der Waals surface area contributed by atoms with Crippen molar-refractivity contribution < 1.29 is 35.2 Å². The summed E-state index contributed by atoms with van der Waals surface area (Å²) < 4.78 is 96.9. The standard InChI is InChI=1S/C23H14F6O2/c1-11-17-7-5-15(9-19(17)13(3)30-11)21(22(24,25)26,23(27,28)29)16-6-8-18-12(2)31-14(4)20(18)10-16/h5-10H,1-4H2. The topological polar surface area (TPSA) is 26.3 Å². The van der Waals surface area contributed by atoms with Crippen molar-refractivity contribution >= 4 is 47.9 Å². The van der Waals surface area contributed by atoms with Gasteiger partial charge in [-0.05, 0) is 23.3 Å². The molecule has 2 nitrogen and oxygen atoms in total. The van der Waals surface area contributed by atoms with Crippen LogP contribution in [0.25, 0.3) is 47.9 Å². The van der Waals surface area contributed by atoms with Gasteiger partial charge in [-0.15, -0.1) is 0 Å². The van der Waals surface area contributed by atoms with Gasteiger partial charge in [-0.1, -0.05) is 50.6 Å². The van der Waals surface area contributed by atoms with Crippen LogP contribution in [0.3, 0.4) is 0 Å². The first-order valence-electron chi connectivity index (χ1n) is 8.84. The van der Waals surface area contributed by atoms with Gasteiger partial charge in [0.1, 0.15) is 21.7 Å². The molecule has 160 valence electrons. The third-order valence-electron chi connectivity index (χ3n) is 5.45. The average Bonchev–Trinajstić information content (AvgIpc) is 3.09. The van der Waals surface area contributed by atoms with E-state index in [1.165, 1.54) is 0 Å². The predicted molar refractivity (Wildman–Crippen MR) is 106 cm³/mol. The van der Waals surface area contributed by atoms with Gasteiger partial charge in [-0.2, -0.15) is 26.3 Å². The number of furan rings is 2. The molecule has 0 amide bonds. The van der Waals surface area contributed by atoms with E-state index in [1.54, 1.807) is 0 Å². The first-order chi connectivity index (χ1) is 14.3. The minimum atomic E-state index is -5.73. The van der Waals surface area contributed by atoms with Crippen LogP contribution in [0, 0.1) is 0 Å².